The number of rotatable bonds is 6. The zero-order chi connectivity index (χ0) is 24.5. The number of hydrogen-bond acceptors (Lipinski definition) is 5. The van der Waals surface area contributed by atoms with Gasteiger partial charge in [0.25, 0.3) is 11.8 Å². The maximum Gasteiger partial charge on any atom is 0.282 e. The van der Waals surface area contributed by atoms with Gasteiger partial charge in [0.15, 0.2) is 0 Å². The van der Waals surface area contributed by atoms with Gasteiger partial charge >= 0.3 is 0 Å². The molecule has 1 aliphatic rings. The summed E-state index contributed by atoms with van der Waals surface area (Å²) in [5, 5.41) is 3.16. The maximum atomic E-state index is 13.7. The molecule has 174 valence electrons. The molecule has 0 saturated carbocycles. The first-order chi connectivity index (χ1) is 16.3. The number of amides is 2. The van der Waals surface area contributed by atoms with Gasteiger partial charge in [-0.25, -0.2) is 4.90 Å². The van der Waals surface area contributed by atoms with E-state index in [0.29, 0.717) is 28.4 Å². The van der Waals surface area contributed by atoms with E-state index in [1.165, 1.54) is 12.0 Å². The zero-order valence-corrected chi connectivity index (χ0v) is 20.0. The maximum absolute atomic E-state index is 13.7. The molecule has 1 aliphatic heterocycles. The van der Waals surface area contributed by atoms with Gasteiger partial charge in [0.1, 0.15) is 17.2 Å². The molecule has 0 unspecified atom stereocenters. The molecule has 1 N–H and O–H groups in total. The topological polar surface area (TPSA) is 67.9 Å². The Bertz CT molecular complexity index is 1270. The number of imide groups is 1. The fourth-order valence-electron chi connectivity index (χ4n) is 3.97. The summed E-state index contributed by atoms with van der Waals surface area (Å²) in [4.78, 5) is 28.6. The number of anilines is 2. The lowest BCUT2D eigenvalue weighted by atomic mass is 9.87. The summed E-state index contributed by atoms with van der Waals surface area (Å²) < 4.78 is 11.0. The fourth-order valence-corrected chi connectivity index (χ4v) is 3.97. The van der Waals surface area contributed by atoms with E-state index in [2.05, 4.69) is 26.1 Å². The molecular formula is C28H28N2O4. The van der Waals surface area contributed by atoms with Crippen molar-refractivity contribution in [2.24, 2.45) is 0 Å². The molecule has 34 heavy (non-hydrogen) atoms. The van der Waals surface area contributed by atoms with Gasteiger partial charge in [-0.2, -0.15) is 0 Å². The molecule has 0 aromatic heterocycles. The fraction of sp³-hybridized carbons (Fsp3) is 0.214. The van der Waals surface area contributed by atoms with Gasteiger partial charge in [0.2, 0.25) is 0 Å². The third-order valence-electron chi connectivity index (χ3n) is 5.82. The molecule has 6 heteroatoms. The van der Waals surface area contributed by atoms with Crippen molar-refractivity contribution in [3.05, 3.63) is 89.6 Å². The SMILES string of the molecule is COc1ccccc1NC1=C(c2ccccc2OC)C(=O)N(c2ccc(C(C)(C)C)cc2)C1=O. The predicted molar refractivity (Wildman–Crippen MR) is 134 cm³/mol. The minimum Gasteiger partial charge on any atom is -0.496 e. The molecule has 4 rings (SSSR count). The van der Waals surface area contributed by atoms with Crippen LogP contribution >= 0.6 is 0 Å². The van der Waals surface area contributed by atoms with E-state index in [1.807, 2.05) is 48.5 Å². The van der Waals surface area contributed by atoms with Crippen molar-refractivity contribution in [3.8, 4) is 11.5 Å². The first-order valence-corrected chi connectivity index (χ1v) is 11.0. The number of nitrogens with one attached hydrogen (secondary N) is 1. The van der Waals surface area contributed by atoms with Gasteiger partial charge in [-0.3, -0.25) is 9.59 Å². The van der Waals surface area contributed by atoms with Crippen molar-refractivity contribution < 1.29 is 19.1 Å². The average Bonchev–Trinajstić information content (AvgIpc) is 3.07. The Morgan fingerprint density at radius 1 is 0.735 bits per heavy atom. The summed E-state index contributed by atoms with van der Waals surface area (Å²) in [6, 6.07) is 21.9. The second-order valence-electron chi connectivity index (χ2n) is 9.02. The summed E-state index contributed by atoms with van der Waals surface area (Å²) >= 11 is 0. The number of hydrogen-bond donors (Lipinski definition) is 1. The van der Waals surface area contributed by atoms with Gasteiger partial charge < -0.3 is 14.8 Å². The summed E-state index contributed by atoms with van der Waals surface area (Å²) in [5.74, 6) is 0.196. The van der Waals surface area contributed by atoms with Crippen LogP contribution < -0.4 is 19.7 Å². The number of carbonyl (C=O) groups excluding carboxylic acids is 2. The molecule has 0 bridgehead atoms. The minimum absolute atomic E-state index is 0.0467. The van der Waals surface area contributed by atoms with Crippen molar-refractivity contribution in [2.45, 2.75) is 26.2 Å². The second kappa shape index (κ2) is 9.06. The second-order valence-corrected chi connectivity index (χ2v) is 9.02. The predicted octanol–water partition coefficient (Wildman–Crippen LogP) is 5.40. The van der Waals surface area contributed by atoms with Crippen molar-refractivity contribution in [3.63, 3.8) is 0 Å². The molecule has 0 aliphatic carbocycles. The third kappa shape index (κ3) is 4.15. The van der Waals surface area contributed by atoms with Crippen LogP contribution in [0.4, 0.5) is 11.4 Å². The van der Waals surface area contributed by atoms with Crippen LogP contribution in [0.5, 0.6) is 11.5 Å². The standard InChI is InChI=1S/C28H28N2O4/c1-28(2,3)18-14-16-19(17-15-18)30-26(31)24(20-10-6-8-12-22(20)33-4)25(27(30)32)29-21-11-7-9-13-23(21)34-5/h6-17,29H,1-5H3. The molecule has 6 nitrogen and oxygen atoms in total. The highest BCUT2D eigenvalue weighted by molar-refractivity contribution is 6.46. The lowest BCUT2D eigenvalue weighted by Crippen LogP contribution is -2.32. The molecule has 0 atom stereocenters. The van der Waals surface area contributed by atoms with Crippen LogP contribution in [0.3, 0.4) is 0 Å². The summed E-state index contributed by atoms with van der Waals surface area (Å²) in [6.45, 7) is 6.35. The molecule has 0 spiro atoms. The van der Waals surface area contributed by atoms with E-state index < -0.39 is 11.8 Å². The Labute approximate surface area is 199 Å². The van der Waals surface area contributed by atoms with E-state index in [9.17, 15) is 9.59 Å². The summed E-state index contributed by atoms with van der Waals surface area (Å²) in [7, 11) is 3.09. The van der Waals surface area contributed by atoms with Gasteiger partial charge in [0, 0.05) is 5.56 Å². The van der Waals surface area contributed by atoms with E-state index >= 15 is 0 Å². The molecule has 0 radical (unpaired) electrons. The Hall–Kier alpha value is -4.06. The van der Waals surface area contributed by atoms with Crippen LogP contribution in [0.25, 0.3) is 5.57 Å². The summed E-state index contributed by atoms with van der Waals surface area (Å²) in [6.07, 6.45) is 0. The van der Waals surface area contributed by atoms with E-state index in [4.69, 9.17) is 9.47 Å². The van der Waals surface area contributed by atoms with Crippen LogP contribution in [-0.2, 0) is 15.0 Å². The number of ether oxygens (including phenoxy) is 2. The summed E-state index contributed by atoms with van der Waals surface area (Å²) in [5.41, 5.74) is 3.10. The van der Waals surface area contributed by atoms with Crippen LogP contribution in [-0.4, -0.2) is 26.0 Å². The molecular weight excluding hydrogens is 428 g/mol. The van der Waals surface area contributed by atoms with Crippen molar-refractivity contribution in [1.82, 2.24) is 0 Å². The molecule has 2 amide bonds. The molecule has 0 fully saturated rings. The number of methoxy groups -OCH3 is 2. The largest absolute Gasteiger partial charge is 0.496 e. The molecule has 3 aromatic carbocycles. The average molecular weight is 457 g/mol. The molecule has 3 aromatic rings. The normalized spacial score (nSPS) is 14.0. The van der Waals surface area contributed by atoms with Crippen molar-refractivity contribution in [2.75, 3.05) is 24.4 Å². The Morgan fingerprint density at radius 2 is 1.32 bits per heavy atom. The van der Waals surface area contributed by atoms with Crippen LogP contribution in [0.2, 0.25) is 0 Å². The van der Waals surface area contributed by atoms with E-state index in [-0.39, 0.29) is 16.7 Å². The highest BCUT2D eigenvalue weighted by atomic mass is 16.5. The van der Waals surface area contributed by atoms with Crippen LogP contribution in [0.15, 0.2) is 78.5 Å². The Morgan fingerprint density at radius 3 is 1.94 bits per heavy atom. The number of nitrogens with zero attached hydrogens (tertiary/aromatic N) is 1. The molecule has 0 saturated heterocycles. The quantitative estimate of drug-likeness (QED) is 0.503. The van der Waals surface area contributed by atoms with Crippen molar-refractivity contribution >= 4 is 28.8 Å². The lowest BCUT2D eigenvalue weighted by Gasteiger charge is -2.21. The Kier molecular flexibility index (Phi) is 6.16. The van der Waals surface area contributed by atoms with E-state index in [0.717, 1.165) is 5.56 Å². The number of para-hydroxylation sites is 3. The number of carbonyl (C=O) groups is 2. The van der Waals surface area contributed by atoms with Gasteiger partial charge in [-0.05, 0) is 41.3 Å². The third-order valence-corrected chi connectivity index (χ3v) is 5.82. The lowest BCUT2D eigenvalue weighted by molar-refractivity contribution is -0.120. The zero-order valence-electron chi connectivity index (χ0n) is 20.0. The van der Waals surface area contributed by atoms with Gasteiger partial charge in [0.05, 0.1) is 31.2 Å². The minimum atomic E-state index is -0.444. The van der Waals surface area contributed by atoms with Gasteiger partial charge in [-0.15, -0.1) is 0 Å². The van der Waals surface area contributed by atoms with Crippen LogP contribution in [0, 0.1) is 0 Å². The smallest absolute Gasteiger partial charge is 0.282 e. The first-order valence-electron chi connectivity index (χ1n) is 11.0. The number of benzene rings is 3. The van der Waals surface area contributed by atoms with Crippen molar-refractivity contribution in [1.29, 1.82) is 0 Å². The van der Waals surface area contributed by atoms with E-state index in [1.54, 1.807) is 31.4 Å². The first kappa shape index (κ1) is 23.1. The Balaban J connectivity index is 1.84. The monoisotopic (exact) mass is 456 g/mol. The highest BCUT2D eigenvalue weighted by Gasteiger charge is 2.41. The molecule has 1 heterocycles. The van der Waals surface area contributed by atoms with Crippen LogP contribution in [0.1, 0.15) is 31.9 Å². The van der Waals surface area contributed by atoms with Gasteiger partial charge in [-0.1, -0.05) is 63.2 Å². The highest BCUT2D eigenvalue weighted by Crippen LogP contribution is 2.39.